The number of hydrazine groups is 1. The van der Waals surface area contributed by atoms with E-state index in [4.69, 9.17) is 4.74 Å². The zero-order chi connectivity index (χ0) is 17.6. The molecular formula is C15H20F2N2O4. The lowest BCUT2D eigenvalue weighted by Crippen LogP contribution is -2.42. The van der Waals surface area contributed by atoms with Gasteiger partial charge in [0, 0.05) is 6.54 Å². The first kappa shape index (κ1) is 18.8. The maximum absolute atomic E-state index is 13.7. The van der Waals surface area contributed by atoms with Gasteiger partial charge < -0.3 is 9.47 Å². The quantitative estimate of drug-likeness (QED) is 0.492. The van der Waals surface area contributed by atoms with E-state index in [0.29, 0.717) is 5.56 Å². The molecule has 0 fully saturated rings. The standard InChI is InChI=1S/C15H20F2N2O4/c1-15(2,3)23-14(21)19-18-6-5-9-7-10(16)12(11(17)8-9)13(20)22-4/h7-8,18H,5-6H2,1-4H3,(H,19,21). The molecule has 23 heavy (non-hydrogen) atoms. The van der Waals surface area contributed by atoms with Crippen LogP contribution < -0.4 is 10.9 Å². The van der Waals surface area contributed by atoms with E-state index in [-0.39, 0.29) is 13.0 Å². The maximum atomic E-state index is 13.7. The van der Waals surface area contributed by atoms with Crippen LogP contribution in [-0.2, 0) is 15.9 Å². The third-order valence-corrected chi connectivity index (χ3v) is 2.62. The molecule has 0 radical (unpaired) electrons. The summed E-state index contributed by atoms with van der Waals surface area (Å²) in [5.41, 5.74) is 3.86. The lowest BCUT2D eigenvalue weighted by Gasteiger charge is -2.19. The van der Waals surface area contributed by atoms with Gasteiger partial charge in [-0.25, -0.2) is 23.8 Å². The van der Waals surface area contributed by atoms with Crippen LogP contribution in [0.4, 0.5) is 13.6 Å². The van der Waals surface area contributed by atoms with Crippen LogP contribution in [0, 0.1) is 11.6 Å². The zero-order valence-corrected chi connectivity index (χ0v) is 13.5. The van der Waals surface area contributed by atoms with Crippen LogP contribution in [0.25, 0.3) is 0 Å². The normalized spacial score (nSPS) is 11.0. The van der Waals surface area contributed by atoms with Gasteiger partial charge in [-0.1, -0.05) is 0 Å². The lowest BCUT2D eigenvalue weighted by molar-refractivity contribution is 0.0497. The summed E-state index contributed by atoms with van der Waals surface area (Å²) in [4.78, 5) is 22.6. The molecule has 0 bridgehead atoms. The molecule has 0 heterocycles. The van der Waals surface area contributed by atoms with Gasteiger partial charge >= 0.3 is 12.1 Å². The van der Waals surface area contributed by atoms with Gasteiger partial charge in [0.25, 0.3) is 0 Å². The molecule has 1 rings (SSSR count). The van der Waals surface area contributed by atoms with Crippen LogP contribution >= 0.6 is 0 Å². The predicted molar refractivity (Wildman–Crippen MR) is 78.8 cm³/mol. The first-order valence-electron chi connectivity index (χ1n) is 6.92. The highest BCUT2D eigenvalue weighted by Crippen LogP contribution is 2.16. The number of hydrogen-bond donors (Lipinski definition) is 2. The highest BCUT2D eigenvalue weighted by molar-refractivity contribution is 5.90. The topological polar surface area (TPSA) is 76.7 Å². The van der Waals surface area contributed by atoms with Gasteiger partial charge in [-0.15, -0.1) is 0 Å². The van der Waals surface area contributed by atoms with E-state index in [2.05, 4.69) is 15.6 Å². The van der Waals surface area contributed by atoms with E-state index >= 15 is 0 Å². The monoisotopic (exact) mass is 330 g/mol. The molecule has 8 heteroatoms. The van der Waals surface area contributed by atoms with Crippen molar-refractivity contribution in [1.29, 1.82) is 0 Å². The fourth-order valence-corrected chi connectivity index (χ4v) is 1.71. The molecule has 0 unspecified atom stereocenters. The highest BCUT2D eigenvalue weighted by atomic mass is 19.1. The molecule has 1 aromatic carbocycles. The van der Waals surface area contributed by atoms with Gasteiger partial charge in [0.05, 0.1) is 7.11 Å². The Bertz CT molecular complexity index is 562. The van der Waals surface area contributed by atoms with Gasteiger partial charge in [-0.05, 0) is 44.9 Å². The first-order chi connectivity index (χ1) is 10.6. The Morgan fingerprint density at radius 3 is 2.22 bits per heavy atom. The summed E-state index contributed by atoms with van der Waals surface area (Å²) in [7, 11) is 1.04. The number of esters is 1. The number of benzene rings is 1. The number of methoxy groups -OCH3 is 1. The van der Waals surface area contributed by atoms with E-state index in [0.717, 1.165) is 19.2 Å². The average molecular weight is 330 g/mol. The second kappa shape index (κ2) is 7.87. The van der Waals surface area contributed by atoms with Crippen molar-refractivity contribution in [3.8, 4) is 0 Å². The molecule has 0 atom stereocenters. The number of hydrogen-bond acceptors (Lipinski definition) is 5. The number of ether oxygens (including phenoxy) is 2. The van der Waals surface area contributed by atoms with Crippen LogP contribution in [0.1, 0.15) is 36.7 Å². The summed E-state index contributed by atoms with van der Waals surface area (Å²) >= 11 is 0. The zero-order valence-electron chi connectivity index (χ0n) is 13.5. The molecule has 6 nitrogen and oxygen atoms in total. The van der Waals surface area contributed by atoms with Gasteiger partial charge in [0.1, 0.15) is 22.8 Å². The highest BCUT2D eigenvalue weighted by Gasteiger charge is 2.19. The molecule has 1 aromatic rings. The molecular weight excluding hydrogens is 310 g/mol. The van der Waals surface area contributed by atoms with E-state index in [1.165, 1.54) is 0 Å². The fraction of sp³-hybridized carbons (Fsp3) is 0.467. The van der Waals surface area contributed by atoms with Crippen LogP contribution in [0.3, 0.4) is 0 Å². The number of halogens is 2. The van der Waals surface area contributed by atoms with Crippen molar-refractivity contribution in [2.24, 2.45) is 0 Å². The van der Waals surface area contributed by atoms with Crippen molar-refractivity contribution >= 4 is 12.1 Å². The second-order valence-electron chi connectivity index (χ2n) is 5.73. The molecule has 0 saturated heterocycles. The minimum atomic E-state index is -1.07. The minimum Gasteiger partial charge on any atom is -0.465 e. The van der Waals surface area contributed by atoms with Crippen LogP contribution in [0.15, 0.2) is 12.1 Å². The van der Waals surface area contributed by atoms with E-state index < -0.39 is 34.9 Å². The molecule has 0 aliphatic rings. The molecule has 0 saturated carbocycles. The smallest absolute Gasteiger partial charge is 0.422 e. The molecule has 0 spiro atoms. The van der Waals surface area contributed by atoms with Crippen LogP contribution in [0.5, 0.6) is 0 Å². The van der Waals surface area contributed by atoms with Crippen molar-refractivity contribution in [3.63, 3.8) is 0 Å². The number of carbonyl (C=O) groups is 2. The molecule has 0 aliphatic carbocycles. The van der Waals surface area contributed by atoms with Gasteiger partial charge in [-0.3, -0.25) is 5.43 Å². The Morgan fingerprint density at radius 2 is 1.74 bits per heavy atom. The summed E-state index contributed by atoms with van der Waals surface area (Å²) in [5.74, 6) is -3.06. The molecule has 0 aromatic heterocycles. The number of amides is 1. The Kier molecular flexibility index (Phi) is 6.44. The van der Waals surface area contributed by atoms with Gasteiger partial charge in [0.2, 0.25) is 0 Å². The molecule has 2 N–H and O–H groups in total. The van der Waals surface area contributed by atoms with Crippen molar-refractivity contribution in [2.75, 3.05) is 13.7 Å². The second-order valence-corrected chi connectivity index (χ2v) is 5.73. The average Bonchev–Trinajstić information content (AvgIpc) is 2.40. The molecule has 128 valence electrons. The van der Waals surface area contributed by atoms with E-state index in [9.17, 15) is 18.4 Å². The number of rotatable bonds is 5. The predicted octanol–water partition coefficient (Wildman–Crippen LogP) is 2.32. The Balaban J connectivity index is 2.53. The largest absolute Gasteiger partial charge is 0.465 e. The Morgan fingerprint density at radius 1 is 1.17 bits per heavy atom. The Hall–Kier alpha value is -2.22. The SMILES string of the molecule is COC(=O)c1c(F)cc(CCNNC(=O)OC(C)(C)C)cc1F. The summed E-state index contributed by atoms with van der Waals surface area (Å²) in [5, 5.41) is 0. The van der Waals surface area contributed by atoms with Crippen molar-refractivity contribution in [3.05, 3.63) is 34.9 Å². The molecule has 1 amide bonds. The lowest BCUT2D eigenvalue weighted by atomic mass is 10.1. The summed E-state index contributed by atoms with van der Waals surface area (Å²) in [6, 6.07) is 2.09. The fourth-order valence-electron chi connectivity index (χ4n) is 1.71. The molecule has 0 aliphatic heterocycles. The van der Waals surface area contributed by atoms with Crippen LogP contribution in [-0.4, -0.2) is 31.3 Å². The first-order valence-corrected chi connectivity index (χ1v) is 6.92. The van der Waals surface area contributed by atoms with Gasteiger partial charge in [0.15, 0.2) is 0 Å². The van der Waals surface area contributed by atoms with Crippen molar-refractivity contribution in [1.82, 2.24) is 10.9 Å². The van der Waals surface area contributed by atoms with Crippen LogP contribution in [0.2, 0.25) is 0 Å². The third kappa shape index (κ3) is 6.19. The summed E-state index contributed by atoms with van der Waals surface area (Å²) in [6.07, 6.45) is -0.429. The maximum Gasteiger partial charge on any atom is 0.422 e. The van der Waals surface area contributed by atoms with Gasteiger partial charge in [-0.2, -0.15) is 0 Å². The number of nitrogens with one attached hydrogen (secondary N) is 2. The number of carbonyl (C=O) groups excluding carboxylic acids is 2. The van der Waals surface area contributed by atoms with Crippen molar-refractivity contribution < 1.29 is 27.8 Å². The minimum absolute atomic E-state index is 0.218. The van der Waals surface area contributed by atoms with Crippen molar-refractivity contribution in [2.45, 2.75) is 32.8 Å². The third-order valence-electron chi connectivity index (χ3n) is 2.62. The Labute approximate surface area is 133 Å². The van der Waals surface area contributed by atoms with E-state index in [1.807, 2.05) is 0 Å². The van der Waals surface area contributed by atoms with E-state index in [1.54, 1.807) is 20.8 Å². The summed E-state index contributed by atoms with van der Waals surface area (Å²) in [6.45, 7) is 5.39. The summed E-state index contributed by atoms with van der Waals surface area (Å²) < 4.78 is 36.7.